The van der Waals surface area contributed by atoms with Crippen LogP contribution in [-0.2, 0) is 5.54 Å². The van der Waals surface area contributed by atoms with Gasteiger partial charge in [0.15, 0.2) is 17.3 Å². The molecule has 0 radical (unpaired) electrons. The molecule has 0 amide bonds. The Morgan fingerprint density at radius 1 is 1.20 bits per heavy atom. The summed E-state index contributed by atoms with van der Waals surface area (Å²) in [7, 11) is 3.18. The van der Waals surface area contributed by atoms with E-state index in [4.69, 9.17) is 19.7 Å². The number of ether oxygens (including phenoxy) is 2. The number of aromatic nitrogens is 2. The molecule has 1 aromatic carbocycles. The zero-order valence-electron chi connectivity index (χ0n) is 11.5. The monoisotopic (exact) mass is 275 g/mol. The third kappa shape index (κ3) is 2.02. The fourth-order valence-corrected chi connectivity index (χ4v) is 2.29. The van der Waals surface area contributed by atoms with Gasteiger partial charge in [-0.3, -0.25) is 0 Å². The van der Waals surface area contributed by atoms with Crippen molar-refractivity contribution in [3.8, 4) is 23.0 Å². The molecule has 106 valence electrons. The molecule has 6 nitrogen and oxygen atoms in total. The fraction of sp³-hybridized carbons (Fsp3) is 0.429. The summed E-state index contributed by atoms with van der Waals surface area (Å²) in [4.78, 5) is 4.41. The highest BCUT2D eigenvalue weighted by Crippen LogP contribution is 2.38. The quantitative estimate of drug-likeness (QED) is 0.919. The minimum Gasteiger partial charge on any atom is -0.493 e. The number of nitrogens with two attached hydrogens (primary N) is 1. The van der Waals surface area contributed by atoms with Gasteiger partial charge in [-0.2, -0.15) is 4.98 Å². The molecule has 1 aromatic heterocycles. The van der Waals surface area contributed by atoms with Gasteiger partial charge in [0.25, 0.3) is 5.89 Å². The average Bonchev–Trinajstić information content (AvgIpc) is 2.94. The third-order valence-corrected chi connectivity index (χ3v) is 3.75. The van der Waals surface area contributed by atoms with Crippen LogP contribution in [0.4, 0.5) is 0 Å². The zero-order valence-corrected chi connectivity index (χ0v) is 11.5. The van der Waals surface area contributed by atoms with Gasteiger partial charge >= 0.3 is 0 Å². The average molecular weight is 275 g/mol. The van der Waals surface area contributed by atoms with E-state index in [2.05, 4.69) is 10.1 Å². The van der Waals surface area contributed by atoms with Gasteiger partial charge in [-0.1, -0.05) is 5.16 Å². The standard InChI is InChI=1S/C14H17N3O3/c1-18-10-5-4-9(8-11(10)19-2)12-16-13(17-20-12)14(15)6-3-7-14/h4-5,8H,3,6-7,15H2,1-2H3. The van der Waals surface area contributed by atoms with Crippen LogP contribution in [0.1, 0.15) is 25.1 Å². The molecule has 1 aliphatic carbocycles. The lowest BCUT2D eigenvalue weighted by Crippen LogP contribution is -2.44. The molecule has 1 saturated carbocycles. The Hall–Kier alpha value is -2.08. The van der Waals surface area contributed by atoms with Crippen molar-refractivity contribution in [2.24, 2.45) is 5.73 Å². The highest BCUT2D eigenvalue weighted by molar-refractivity contribution is 5.59. The lowest BCUT2D eigenvalue weighted by molar-refractivity contribution is 0.229. The van der Waals surface area contributed by atoms with Gasteiger partial charge in [-0.05, 0) is 37.5 Å². The van der Waals surface area contributed by atoms with Gasteiger partial charge in [-0.25, -0.2) is 0 Å². The first kappa shape index (κ1) is 12.9. The molecule has 1 heterocycles. The highest BCUT2D eigenvalue weighted by Gasteiger charge is 2.39. The fourth-order valence-electron chi connectivity index (χ4n) is 2.29. The number of methoxy groups -OCH3 is 2. The van der Waals surface area contributed by atoms with E-state index in [1.807, 2.05) is 6.07 Å². The highest BCUT2D eigenvalue weighted by atomic mass is 16.5. The van der Waals surface area contributed by atoms with E-state index >= 15 is 0 Å². The van der Waals surface area contributed by atoms with E-state index in [0.29, 0.717) is 23.2 Å². The maximum atomic E-state index is 6.19. The minimum absolute atomic E-state index is 0.418. The number of hydrogen-bond acceptors (Lipinski definition) is 6. The second-order valence-electron chi connectivity index (χ2n) is 5.00. The van der Waals surface area contributed by atoms with Gasteiger partial charge in [0.1, 0.15) is 0 Å². The lowest BCUT2D eigenvalue weighted by atomic mass is 9.77. The first-order chi connectivity index (χ1) is 9.66. The zero-order chi connectivity index (χ0) is 14.2. The Labute approximate surface area is 116 Å². The van der Waals surface area contributed by atoms with Crippen molar-refractivity contribution in [3.63, 3.8) is 0 Å². The summed E-state index contributed by atoms with van der Waals surface area (Å²) in [5.74, 6) is 2.30. The smallest absolute Gasteiger partial charge is 0.258 e. The predicted molar refractivity (Wildman–Crippen MR) is 72.6 cm³/mol. The molecule has 0 bridgehead atoms. The van der Waals surface area contributed by atoms with E-state index in [1.54, 1.807) is 26.4 Å². The molecule has 0 saturated heterocycles. The molecular formula is C14H17N3O3. The van der Waals surface area contributed by atoms with E-state index < -0.39 is 5.54 Å². The Morgan fingerprint density at radius 2 is 1.95 bits per heavy atom. The van der Waals surface area contributed by atoms with Crippen LogP contribution in [-0.4, -0.2) is 24.4 Å². The van der Waals surface area contributed by atoms with E-state index in [9.17, 15) is 0 Å². The second kappa shape index (κ2) is 4.79. The molecule has 20 heavy (non-hydrogen) atoms. The van der Waals surface area contributed by atoms with Crippen LogP contribution >= 0.6 is 0 Å². The first-order valence-electron chi connectivity index (χ1n) is 6.52. The molecular weight excluding hydrogens is 258 g/mol. The first-order valence-corrected chi connectivity index (χ1v) is 6.52. The van der Waals surface area contributed by atoms with Gasteiger partial charge in [-0.15, -0.1) is 0 Å². The molecule has 2 aromatic rings. The molecule has 1 fully saturated rings. The van der Waals surface area contributed by atoms with E-state index in [1.165, 1.54) is 0 Å². The number of nitrogens with zero attached hydrogens (tertiary/aromatic N) is 2. The molecule has 1 aliphatic rings. The van der Waals surface area contributed by atoms with Crippen molar-refractivity contribution in [2.75, 3.05) is 14.2 Å². The lowest BCUT2D eigenvalue weighted by Gasteiger charge is -2.34. The minimum atomic E-state index is -0.418. The summed E-state index contributed by atoms with van der Waals surface area (Å²) in [6.45, 7) is 0. The van der Waals surface area contributed by atoms with Gasteiger partial charge < -0.3 is 19.7 Å². The number of hydrogen-bond donors (Lipinski definition) is 1. The van der Waals surface area contributed by atoms with Crippen LogP contribution in [0, 0.1) is 0 Å². The predicted octanol–water partition coefficient (Wildman–Crippen LogP) is 2.09. The summed E-state index contributed by atoms with van der Waals surface area (Å²) < 4.78 is 15.8. The molecule has 0 atom stereocenters. The van der Waals surface area contributed by atoms with Gasteiger partial charge in [0.05, 0.1) is 19.8 Å². The summed E-state index contributed by atoms with van der Waals surface area (Å²) >= 11 is 0. The number of rotatable bonds is 4. The van der Waals surface area contributed by atoms with Crippen molar-refractivity contribution in [2.45, 2.75) is 24.8 Å². The van der Waals surface area contributed by atoms with Crippen LogP contribution in [0.25, 0.3) is 11.5 Å². The topological polar surface area (TPSA) is 83.4 Å². The summed E-state index contributed by atoms with van der Waals surface area (Å²) in [5, 5.41) is 4.00. The van der Waals surface area contributed by atoms with Crippen molar-refractivity contribution >= 4 is 0 Å². The van der Waals surface area contributed by atoms with Gasteiger partial charge in [0.2, 0.25) is 0 Å². The van der Waals surface area contributed by atoms with Crippen LogP contribution < -0.4 is 15.2 Å². The van der Waals surface area contributed by atoms with Crippen LogP contribution in [0.2, 0.25) is 0 Å². The van der Waals surface area contributed by atoms with Crippen molar-refractivity contribution in [1.29, 1.82) is 0 Å². The molecule has 0 spiro atoms. The number of benzene rings is 1. The summed E-state index contributed by atoms with van der Waals surface area (Å²) in [5.41, 5.74) is 6.55. The van der Waals surface area contributed by atoms with Crippen LogP contribution in [0.3, 0.4) is 0 Å². The maximum Gasteiger partial charge on any atom is 0.258 e. The van der Waals surface area contributed by atoms with Crippen LogP contribution in [0.5, 0.6) is 11.5 Å². The molecule has 2 N–H and O–H groups in total. The summed E-state index contributed by atoms with van der Waals surface area (Å²) in [6, 6.07) is 5.46. The SMILES string of the molecule is COc1ccc(-c2nc(C3(N)CCC3)no2)cc1OC. The van der Waals surface area contributed by atoms with E-state index in [0.717, 1.165) is 24.8 Å². The largest absolute Gasteiger partial charge is 0.493 e. The van der Waals surface area contributed by atoms with E-state index in [-0.39, 0.29) is 0 Å². The Bertz CT molecular complexity index is 620. The molecule has 3 rings (SSSR count). The Balaban J connectivity index is 1.93. The van der Waals surface area contributed by atoms with Gasteiger partial charge in [0, 0.05) is 5.56 Å². The Kier molecular flexibility index (Phi) is 3.10. The molecule has 0 aliphatic heterocycles. The van der Waals surface area contributed by atoms with Crippen molar-refractivity contribution < 1.29 is 14.0 Å². The van der Waals surface area contributed by atoms with Crippen molar-refractivity contribution in [3.05, 3.63) is 24.0 Å². The van der Waals surface area contributed by atoms with Crippen LogP contribution in [0.15, 0.2) is 22.7 Å². The second-order valence-corrected chi connectivity index (χ2v) is 5.00. The Morgan fingerprint density at radius 3 is 2.55 bits per heavy atom. The normalized spacial score (nSPS) is 16.6. The molecule has 6 heteroatoms. The van der Waals surface area contributed by atoms with Crippen molar-refractivity contribution in [1.82, 2.24) is 10.1 Å². The third-order valence-electron chi connectivity index (χ3n) is 3.75. The summed E-state index contributed by atoms with van der Waals surface area (Å²) in [6.07, 6.45) is 2.91. The molecule has 0 unspecified atom stereocenters. The maximum absolute atomic E-state index is 6.19.